The molecule has 262 valence electrons. The second kappa shape index (κ2) is 13.2. The number of nitrogens with zero attached hydrogens (tertiary/aromatic N) is 2. The Bertz CT molecular complexity index is 3230. The molecule has 1 aromatic heterocycles. The van der Waals surface area contributed by atoms with Crippen LogP contribution >= 0.6 is 0 Å². The molecule has 0 fully saturated rings. The fraction of sp³-hybridized carbons (Fsp3) is 0. The van der Waals surface area contributed by atoms with Gasteiger partial charge in [-0.2, -0.15) is 0 Å². The molecular formula is C54H36N2. The minimum atomic E-state index is 1.09. The Labute approximate surface area is 325 Å². The van der Waals surface area contributed by atoms with E-state index in [4.69, 9.17) is 0 Å². The standard InChI is InChI=1S/C54H36N2/c1-3-15-38(16-4-1)46-24-11-19-41-20-12-25-47(52(41)46)40-29-32-44(33-30-40)55(45-34-28-37-14-7-8-18-42(37)36-45)51-27-13-26-49-53-48-23-10-9-17-39(48)31-35-50(53)56(54(49)51)43-21-5-2-6-22-43/h1-36H. The lowest BCUT2D eigenvalue weighted by atomic mass is 9.91. The van der Waals surface area contributed by atoms with Gasteiger partial charge in [-0.3, -0.25) is 0 Å². The van der Waals surface area contributed by atoms with Crippen LogP contribution in [-0.2, 0) is 0 Å². The van der Waals surface area contributed by atoms with E-state index in [2.05, 4.69) is 228 Å². The smallest absolute Gasteiger partial charge is 0.0782 e. The maximum atomic E-state index is 2.45. The maximum absolute atomic E-state index is 2.45. The van der Waals surface area contributed by atoms with Crippen LogP contribution in [0.3, 0.4) is 0 Å². The van der Waals surface area contributed by atoms with Crippen LogP contribution in [0.2, 0.25) is 0 Å². The largest absolute Gasteiger partial charge is 0.308 e. The van der Waals surface area contributed by atoms with Gasteiger partial charge in [0.1, 0.15) is 0 Å². The fourth-order valence-corrected chi connectivity index (χ4v) is 8.82. The monoisotopic (exact) mass is 712 g/mol. The summed E-state index contributed by atoms with van der Waals surface area (Å²) in [6.07, 6.45) is 0. The Hall–Kier alpha value is -7.42. The number of para-hydroxylation sites is 2. The predicted octanol–water partition coefficient (Wildman–Crippen LogP) is 15.0. The molecular weight excluding hydrogens is 677 g/mol. The van der Waals surface area contributed by atoms with Crippen molar-refractivity contribution in [1.29, 1.82) is 0 Å². The minimum Gasteiger partial charge on any atom is -0.308 e. The number of hydrogen-bond acceptors (Lipinski definition) is 1. The van der Waals surface area contributed by atoms with Gasteiger partial charge in [0.15, 0.2) is 0 Å². The summed E-state index contributed by atoms with van der Waals surface area (Å²) in [7, 11) is 0. The van der Waals surface area contributed by atoms with Gasteiger partial charge in [-0.1, -0.05) is 170 Å². The molecule has 0 spiro atoms. The molecule has 2 nitrogen and oxygen atoms in total. The summed E-state index contributed by atoms with van der Waals surface area (Å²) in [5.41, 5.74) is 11.7. The van der Waals surface area contributed by atoms with Gasteiger partial charge in [0, 0.05) is 27.8 Å². The number of fused-ring (bicyclic) bond motifs is 7. The highest BCUT2D eigenvalue weighted by Crippen LogP contribution is 2.46. The third-order valence-corrected chi connectivity index (χ3v) is 11.3. The lowest BCUT2D eigenvalue weighted by Crippen LogP contribution is -2.11. The molecule has 0 aliphatic carbocycles. The van der Waals surface area contributed by atoms with Gasteiger partial charge in [0.05, 0.1) is 16.7 Å². The van der Waals surface area contributed by atoms with E-state index in [9.17, 15) is 0 Å². The average molecular weight is 713 g/mol. The van der Waals surface area contributed by atoms with Crippen LogP contribution in [0.1, 0.15) is 0 Å². The van der Waals surface area contributed by atoms with Gasteiger partial charge in [-0.05, 0) is 103 Å². The summed E-state index contributed by atoms with van der Waals surface area (Å²) >= 11 is 0. The quantitative estimate of drug-likeness (QED) is 0.167. The Kier molecular flexibility index (Phi) is 7.53. The first-order valence-electron chi connectivity index (χ1n) is 19.3. The molecule has 10 aromatic carbocycles. The van der Waals surface area contributed by atoms with Crippen molar-refractivity contribution in [3.63, 3.8) is 0 Å². The van der Waals surface area contributed by atoms with Crippen molar-refractivity contribution in [2.24, 2.45) is 0 Å². The lowest BCUT2D eigenvalue weighted by molar-refractivity contribution is 1.17. The van der Waals surface area contributed by atoms with E-state index in [1.165, 1.54) is 76.4 Å². The van der Waals surface area contributed by atoms with Gasteiger partial charge in [0.2, 0.25) is 0 Å². The molecule has 0 unspecified atom stereocenters. The number of anilines is 3. The van der Waals surface area contributed by atoms with Crippen molar-refractivity contribution >= 4 is 71.2 Å². The number of rotatable bonds is 6. The third-order valence-electron chi connectivity index (χ3n) is 11.3. The zero-order valence-electron chi connectivity index (χ0n) is 30.7. The number of aromatic nitrogens is 1. The molecule has 11 rings (SSSR count). The highest BCUT2D eigenvalue weighted by atomic mass is 15.2. The molecule has 1 heterocycles. The SMILES string of the molecule is c1ccc(-c2cccc3cccc(-c4ccc(N(c5ccc6ccccc6c5)c5cccc6c7c8ccccc8ccc7n(-c7ccccc7)c56)cc4)c23)cc1. The molecule has 0 saturated heterocycles. The van der Waals surface area contributed by atoms with Crippen molar-refractivity contribution in [3.8, 4) is 27.9 Å². The van der Waals surface area contributed by atoms with Gasteiger partial charge in [0.25, 0.3) is 0 Å². The molecule has 11 aromatic rings. The number of benzene rings is 10. The Morgan fingerprint density at radius 3 is 1.68 bits per heavy atom. The second-order valence-electron chi connectivity index (χ2n) is 14.5. The van der Waals surface area contributed by atoms with Crippen molar-refractivity contribution in [3.05, 3.63) is 218 Å². The Balaban J connectivity index is 1.17. The predicted molar refractivity (Wildman–Crippen MR) is 239 cm³/mol. The van der Waals surface area contributed by atoms with Crippen LogP contribution in [0.4, 0.5) is 17.1 Å². The zero-order valence-corrected chi connectivity index (χ0v) is 30.7. The van der Waals surface area contributed by atoms with E-state index in [0.717, 1.165) is 22.7 Å². The molecule has 0 amide bonds. The van der Waals surface area contributed by atoms with Crippen molar-refractivity contribution < 1.29 is 0 Å². The molecule has 0 radical (unpaired) electrons. The first-order valence-corrected chi connectivity index (χ1v) is 19.3. The van der Waals surface area contributed by atoms with Gasteiger partial charge >= 0.3 is 0 Å². The van der Waals surface area contributed by atoms with Crippen LogP contribution in [0.5, 0.6) is 0 Å². The van der Waals surface area contributed by atoms with E-state index in [1.807, 2.05) is 0 Å². The normalized spacial score (nSPS) is 11.6. The average Bonchev–Trinajstić information content (AvgIpc) is 3.62. The van der Waals surface area contributed by atoms with Crippen molar-refractivity contribution in [2.75, 3.05) is 4.90 Å². The van der Waals surface area contributed by atoms with E-state index in [1.54, 1.807) is 0 Å². The zero-order chi connectivity index (χ0) is 37.0. The van der Waals surface area contributed by atoms with Crippen LogP contribution in [0.15, 0.2) is 218 Å². The van der Waals surface area contributed by atoms with E-state index in [-0.39, 0.29) is 0 Å². The summed E-state index contributed by atoms with van der Waals surface area (Å²) in [4.78, 5) is 2.44. The number of hydrogen-bond donors (Lipinski definition) is 0. The van der Waals surface area contributed by atoms with Crippen LogP contribution in [0.25, 0.3) is 82.1 Å². The Morgan fingerprint density at radius 1 is 0.339 bits per heavy atom. The van der Waals surface area contributed by atoms with Crippen molar-refractivity contribution in [2.45, 2.75) is 0 Å². The molecule has 0 N–H and O–H groups in total. The van der Waals surface area contributed by atoms with E-state index >= 15 is 0 Å². The van der Waals surface area contributed by atoms with E-state index < -0.39 is 0 Å². The van der Waals surface area contributed by atoms with Crippen LogP contribution in [0, 0.1) is 0 Å². The molecule has 0 aliphatic rings. The summed E-state index contributed by atoms with van der Waals surface area (Å²) in [6.45, 7) is 0. The second-order valence-corrected chi connectivity index (χ2v) is 14.5. The summed E-state index contributed by atoms with van der Waals surface area (Å²) < 4.78 is 2.45. The minimum absolute atomic E-state index is 1.09. The molecule has 0 bridgehead atoms. The molecule has 0 aliphatic heterocycles. The highest BCUT2D eigenvalue weighted by molar-refractivity contribution is 6.23. The molecule has 56 heavy (non-hydrogen) atoms. The van der Waals surface area contributed by atoms with Gasteiger partial charge in [-0.25, -0.2) is 0 Å². The lowest BCUT2D eigenvalue weighted by Gasteiger charge is -2.27. The topological polar surface area (TPSA) is 8.17 Å². The first-order chi connectivity index (χ1) is 27.8. The molecule has 2 heteroatoms. The Morgan fingerprint density at radius 2 is 0.911 bits per heavy atom. The summed E-state index contributed by atoms with van der Waals surface area (Å²) in [5, 5.41) is 9.92. The molecule has 0 saturated carbocycles. The summed E-state index contributed by atoms with van der Waals surface area (Å²) in [6, 6.07) is 79.5. The van der Waals surface area contributed by atoms with Crippen molar-refractivity contribution in [1.82, 2.24) is 4.57 Å². The third kappa shape index (κ3) is 5.19. The highest BCUT2D eigenvalue weighted by Gasteiger charge is 2.23. The van der Waals surface area contributed by atoms with E-state index in [0.29, 0.717) is 0 Å². The fourth-order valence-electron chi connectivity index (χ4n) is 8.82. The van der Waals surface area contributed by atoms with Gasteiger partial charge < -0.3 is 9.47 Å². The van der Waals surface area contributed by atoms with Crippen LogP contribution in [-0.4, -0.2) is 4.57 Å². The van der Waals surface area contributed by atoms with Gasteiger partial charge in [-0.15, -0.1) is 0 Å². The first kappa shape index (κ1) is 32.0. The summed E-state index contributed by atoms with van der Waals surface area (Å²) in [5.74, 6) is 0. The van der Waals surface area contributed by atoms with Crippen LogP contribution < -0.4 is 4.90 Å². The molecule has 0 atom stereocenters. The maximum Gasteiger partial charge on any atom is 0.0782 e.